The van der Waals surface area contributed by atoms with Crippen LogP contribution in [0.4, 0.5) is 17.5 Å². The number of anilines is 3. The van der Waals surface area contributed by atoms with Crippen LogP contribution < -0.4 is 10.2 Å². The number of nitrogens with one attached hydrogen (secondary N) is 1. The molecule has 1 aromatic carbocycles. The fourth-order valence-corrected chi connectivity index (χ4v) is 2.68. The van der Waals surface area contributed by atoms with E-state index in [0.717, 1.165) is 54.1 Å². The van der Waals surface area contributed by atoms with Crippen LogP contribution in [0.25, 0.3) is 0 Å². The first-order valence-corrected chi connectivity index (χ1v) is 7.71. The Balaban J connectivity index is 1.85. The third-order valence-electron chi connectivity index (χ3n) is 3.61. The Kier molecular flexibility index (Phi) is 4.45. The summed E-state index contributed by atoms with van der Waals surface area (Å²) in [6.45, 7) is 7.17. The predicted molar refractivity (Wildman–Crippen MR) is 89.3 cm³/mol. The summed E-state index contributed by atoms with van der Waals surface area (Å²) in [7, 11) is 0. The van der Waals surface area contributed by atoms with Crippen molar-refractivity contribution >= 4 is 29.1 Å². The maximum atomic E-state index is 5.99. The van der Waals surface area contributed by atoms with Crippen LogP contribution in [0.5, 0.6) is 0 Å². The van der Waals surface area contributed by atoms with E-state index in [0.29, 0.717) is 5.95 Å². The van der Waals surface area contributed by atoms with E-state index < -0.39 is 0 Å². The molecule has 0 bridgehead atoms. The van der Waals surface area contributed by atoms with Crippen molar-refractivity contribution in [2.75, 3.05) is 36.5 Å². The van der Waals surface area contributed by atoms with Gasteiger partial charge in [0.1, 0.15) is 5.82 Å². The normalized spacial score (nSPS) is 15.0. The molecule has 1 saturated heterocycles. The molecule has 0 amide bonds. The molecule has 0 atom stereocenters. The number of halogens is 1. The number of nitrogens with zero attached hydrogens (tertiary/aromatic N) is 3. The zero-order valence-electron chi connectivity index (χ0n) is 12.8. The van der Waals surface area contributed by atoms with E-state index in [1.807, 2.05) is 38.1 Å². The third-order valence-corrected chi connectivity index (χ3v) is 3.85. The van der Waals surface area contributed by atoms with Crippen molar-refractivity contribution in [1.29, 1.82) is 0 Å². The highest BCUT2D eigenvalue weighted by Crippen LogP contribution is 2.23. The van der Waals surface area contributed by atoms with Crippen molar-refractivity contribution in [3.63, 3.8) is 0 Å². The van der Waals surface area contributed by atoms with E-state index in [9.17, 15) is 0 Å². The molecule has 5 nitrogen and oxygen atoms in total. The molecule has 1 aromatic heterocycles. The third kappa shape index (κ3) is 3.48. The molecule has 3 rings (SSSR count). The molecular weight excluding hydrogens is 300 g/mol. The molecule has 0 unspecified atom stereocenters. The van der Waals surface area contributed by atoms with Crippen molar-refractivity contribution in [2.45, 2.75) is 13.8 Å². The zero-order chi connectivity index (χ0) is 15.5. The van der Waals surface area contributed by atoms with Gasteiger partial charge < -0.3 is 15.0 Å². The van der Waals surface area contributed by atoms with Gasteiger partial charge in [0.25, 0.3) is 0 Å². The number of benzene rings is 1. The maximum absolute atomic E-state index is 5.99. The Hall–Kier alpha value is -1.85. The number of aromatic nitrogens is 2. The van der Waals surface area contributed by atoms with Crippen molar-refractivity contribution in [2.24, 2.45) is 0 Å². The van der Waals surface area contributed by atoms with Crippen molar-refractivity contribution in [1.82, 2.24) is 9.97 Å². The molecule has 2 heterocycles. The number of rotatable bonds is 3. The highest BCUT2D eigenvalue weighted by atomic mass is 35.5. The van der Waals surface area contributed by atoms with Crippen LogP contribution in [-0.4, -0.2) is 36.3 Å². The average molecular weight is 319 g/mol. The van der Waals surface area contributed by atoms with Gasteiger partial charge in [0.2, 0.25) is 5.95 Å². The highest BCUT2D eigenvalue weighted by molar-refractivity contribution is 6.30. The first-order chi connectivity index (χ1) is 10.6. The van der Waals surface area contributed by atoms with Gasteiger partial charge in [-0.15, -0.1) is 0 Å². The lowest BCUT2D eigenvalue weighted by atomic mass is 10.2. The number of aryl methyl sites for hydroxylation is 2. The molecule has 1 aliphatic heterocycles. The Morgan fingerprint density at radius 1 is 1.14 bits per heavy atom. The van der Waals surface area contributed by atoms with Gasteiger partial charge in [-0.2, -0.15) is 4.98 Å². The van der Waals surface area contributed by atoms with Gasteiger partial charge in [-0.1, -0.05) is 11.6 Å². The second-order valence-corrected chi connectivity index (χ2v) is 5.81. The van der Waals surface area contributed by atoms with E-state index in [1.165, 1.54) is 0 Å². The summed E-state index contributed by atoms with van der Waals surface area (Å²) in [6, 6.07) is 7.72. The molecule has 6 heteroatoms. The standard InChI is InChI=1S/C16H19ClN4O/c1-11-9-13(17)3-4-14(11)19-16-18-12(2)10-15(20-16)21-5-7-22-8-6-21/h3-4,9-10H,5-8H2,1-2H3,(H,18,19,20). The van der Waals surface area contributed by atoms with Gasteiger partial charge in [0.05, 0.1) is 13.2 Å². The monoisotopic (exact) mass is 318 g/mol. The van der Waals surface area contributed by atoms with Crippen LogP contribution in [0.1, 0.15) is 11.3 Å². The molecule has 2 aromatic rings. The molecule has 116 valence electrons. The SMILES string of the molecule is Cc1cc(N2CCOCC2)nc(Nc2ccc(Cl)cc2C)n1. The summed E-state index contributed by atoms with van der Waals surface area (Å²) >= 11 is 5.99. The summed E-state index contributed by atoms with van der Waals surface area (Å²) in [5.74, 6) is 1.54. The minimum Gasteiger partial charge on any atom is -0.378 e. The minimum atomic E-state index is 0.604. The topological polar surface area (TPSA) is 50.3 Å². The molecule has 0 aliphatic carbocycles. The predicted octanol–water partition coefficient (Wildman–Crippen LogP) is 3.33. The number of morpholine rings is 1. The first-order valence-electron chi connectivity index (χ1n) is 7.33. The Bertz CT molecular complexity index is 671. The summed E-state index contributed by atoms with van der Waals surface area (Å²) in [6.07, 6.45) is 0. The maximum Gasteiger partial charge on any atom is 0.229 e. The summed E-state index contributed by atoms with van der Waals surface area (Å²) in [5, 5.41) is 4.01. The van der Waals surface area contributed by atoms with Crippen LogP contribution in [0.15, 0.2) is 24.3 Å². The summed E-state index contributed by atoms with van der Waals surface area (Å²) < 4.78 is 5.39. The molecule has 0 spiro atoms. The molecule has 1 fully saturated rings. The Morgan fingerprint density at radius 3 is 2.64 bits per heavy atom. The molecule has 1 aliphatic rings. The van der Waals surface area contributed by atoms with E-state index in [4.69, 9.17) is 16.3 Å². The first kappa shape index (κ1) is 15.1. The van der Waals surface area contributed by atoms with Crippen molar-refractivity contribution in [3.05, 3.63) is 40.5 Å². The number of ether oxygens (including phenoxy) is 1. The Labute approximate surface area is 135 Å². The van der Waals surface area contributed by atoms with Gasteiger partial charge in [-0.25, -0.2) is 4.98 Å². The lowest BCUT2D eigenvalue weighted by Crippen LogP contribution is -2.36. The summed E-state index contributed by atoms with van der Waals surface area (Å²) in [4.78, 5) is 11.3. The molecule has 1 N–H and O–H groups in total. The van der Waals surface area contributed by atoms with E-state index in [1.54, 1.807) is 0 Å². The fraction of sp³-hybridized carbons (Fsp3) is 0.375. The lowest BCUT2D eigenvalue weighted by Gasteiger charge is -2.28. The smallest absolute Gasteiger partial charge is 0.229 e. The highest BCUT2D eigenvalue weighted by Gasteiger charge is 2.14. The van der Waals surface area contributed by atoms with E-state index in [2.05, 4.69) is 20.2 Å². The van der Waals surface area contributed by atoms with Gasteiger partial charge in [-0.05, 0) is 37.6 Å². The van der Waals surface area contributed by atoms with E-state index >= 15 is 0 Å². The van der Waals surface area contributed by atoms with Crippen LogP contribution in [0.2, 0.25) is 5.02 Å². The zero-order valence-corrected chi connectivity index (χ0v) is 13.5. The average Bonchev–Trinajstić information content (AvgIpc) is 2.50. The second kappa shape index (κ2) is 6.50. The molecular formula is C16H19ClN4O. The fourth-order valence-electron chi connectivity index (χ4n) is 2.45. The van der Waals surface area contributed by atoms with Crippen LogP contribution in [0.3, 0.4) is 0 Å². The lowest BCUT2D eigenvalue weighted by molar-refractivity contribution is 0.122. The minimum absolute atomic E-state index is 0.604. The van der Waals surface area contributed by atoms with Crippen LogP contribution >= 0.6 is 11.6 Å². The van der Waals surface area contributed by atoms with Gasteiger partial charge in [0, 0.05) is 35.6 Å². The molecule has 0 saturated carbocycles. The van der Waals surface area contributed by atoms with Crippen molar-refractivity contribution < 1.29 is 4.74 Å². The molecule has 0 radical (unpaired) electrons. The largest absolute Gasteiger partial charge is 0.378 e. The van der Waals surface area contributed by atoms with Crippen LogP contribution in [0, 0.1) is 13.8 Å². The van der Waals surface area contributed by atoms with Crippen LogP contribution in [-0.2, 0) is 4.74 Å². The van der Waals surface area contributed by atoms with Gasteiger partial charge in [0.15, 0.2) is 0 Å². The molecule has 22 heavy (non-hydrogen) atoms. The number of hydrogen-bond acceptors (Lipinski definition) is 5. The van der Waals surface area contributed by atoms with Gasteiger partial charge in [-0.3, -0.25) is 0 Å². The second-order valence-electron chi connectivity index (χ2n) is 5.37. The van der Waals surface area contributed by atoms with E-state index in [-0.39, 0.29) is 0 Å². The van der Waals surface area contributed by atoms with Crippen molar-refractivity contribution in [3.8, 4) is 0 Å². The Morgan fingerprint density at radius 2 is 1.91 bits per heavy atom. The summed E-state index contributed by atoms with van der Waals surface area (Å²) in [5.41, 5.74) is 2.96. The number of hydrogen-bond donors (Lipinski definition) is 1. The quantitative estimate of drug-likeness (QED) is 0.940. The van der Waals surface area contributed by atoms with Gasteiger partial charge >= 0.3 is 0 Å².